The van der Waals surface area contributed by atoms with Crippen LogP contribution in [0.4, 0.5) is 5.82 Å². The summed E-state index contributed by atoms with van der Waals surface area (Å²) < 4.78 is 0. The molecule has 0 saturated heterocycles. The summed E-state index contributed by atoms with van der Waals surface area (Å²) in [7, 11) is 0. The molecule has 18 heavy (non-hydrogen) atoms. The van der Waals surface area contributed by atoms with Gasteiger partial charge in [-0.25, -0.2) is 0 Å². The number of nitrogens with one attached hydrogen (secondary N) is 1. The SMILES string of the molecule is N#Cc1c(N)[nH]c2sc3c(c2c1=O)CCCC3=O. The van der Waals surface area contributed by atoms with Crippen molar-refractivity contribution >= 4 is 33.2 Å². The fourth-order valence-electron chi connectivity index (χ4n) is 2.34. The van der Waals surface area contributed by atoms with Crippen molar-refractivity contribution in [2.75, 3.05) is 5.73 Å². The highest BCUT2D eigenvalue weighted by Crippen LogP contribution is 2.34. The van der Waals surface area contributed by atoms with Gasteiger partial charge in [-0.3, -0.25) is 9.59 Å². The number of carbonyl (C=O) groups is 1. The molecular formula is C12H9N3O2S. The zero-order valence-electron chi connectivity index (χ0n) is 9.37. The molecule has 5 nitrogen and oxygen atoms in total. The number of nitrogen functional groups attached to an aromatic ring is 1. The number of hydrogen-bond donors (Lipinski definition) is 2. The van der Waals surface area contributed by atoms with E-state index in [0.717, 1.165) is 12.0 Å². The number of aromatic nitrogens is 1. The lowest BCUT2D eigenvalue weighted by atomic mass is 9.95. The van der Waals surface area contributed by atoms with Crippen molar-refractivity contribution in [3.63, 3.8) is 0 Å². The van der Waals surface area contributed by atoms with E-state index in [1.54, 1.807) is 0 Å². The van der Waals surface area contributed by atoms with E-state index in [2.05, 4.69) is 4.98 Å². The van der Waals surface area contributed by atoms with Gasteiger partial charge in [0.1, 0.15) is 22.3 Å². The Kier molecular flexibility index (Phi) is 2.25. The van der Waals surface area contributed by atoms with E-state index in [1.807, 2.05) is 6.07 Å². The molecule has 1 aliphatic rings. The molecule has 0 atom stereocenters. The van der Waals surface area contributed by atoms with Gasteiger partial charge in [-0.1, -0.05) is 0 Å². The quantitative estimate of drug-likeness (QED) is 0.749. The van der Waals surface area contributed by atoms with Gasteiger partial charge in [0.15, 0.2) is 5.78 Å². The zero-order chi connectivity index (χ0) is 12.9. The van der Waals surface area contributed by atoms with Crippen LogP contribution in [-0.4, -0.2) is 10.8 Å². The summed E-state index contributed by atoms with van der Waals surface area (Å²) in [5.74, 6) is 0.142. The van der Waals surface area contributed by atoms with Crippen LogP contribution in [0, 0.1) is 11.3 Å². The van der Waals surface area contributed by atoms with E-state index in [4.69, 9.17) is 11.0 Å². The number of pyridine rings is 1. The van der Waals surface area contributed by atoms with Gasteiger partial charge < -0.3 is 10.7 Å². The molecule has 3 rings (SSSR count). The van der Waals surface area contributed by atoms with Crippen molar-refractivity contribution < 1.29 is 4.79 Å². The molecule has 0 aliphatic heterocycles. The largest absolute Gasteiger partial charge is 0.384 e. The number of anilines is 1. The van der Waals surface area contributed by atoms with E-state index < -0.39 is 0 Å². The molecule has 6 heteroatoms. The number of nitrogens with two attached hydrogens (primary N) is 1. The third kappa shape index (κ3) is 1.31. The minimum Gasteiger partial charge on any atom is -0.384 e. The minimum absolute atomic E-state index is 0.0684. The zero-order valence-corrected chi connectivity index (χ0v) is 10.2. The second kappa shape index (κ2) is 3.68. The normalized spacial score (nSPS) is 14.5. The number of nitriles is 1. The first-order chi connectivity index (χ1) is 8.63. The van der Waals surface area contributed by atoms with Crippen molar-refractivity contribution in [1.82, 2.24) is 4.98 Å². The Labute approximate surface area is 106 Å². The predicted molar refractivity (Wildman–Crippen MR) is 68.8 cm³/mol. The van der Waals surface area contributed by atoms with Crippen LogP contribution in [0.15, 0.2) is 4.79 Å². The maximum absolute atomic E-state index is 12.2. The highest BCUT2D eigenvalue weighted by atomic mass is 32.1. The lowest BCUT2D eigenvalue weighted by molar-refractivity contribution is 0.0977. The van der Waals surface area contributed by atoms with Gasteiger partial charge in [0.25, 0.3) is 0 Å². The number of H-pyrrole nitrogens is 1. The highest BCUT2D eigenvalue weighted by Gasteiger charge is 2.25. The van der Waals surface area contributed by atoms with Crippen LogP contribution in [0.2, 0.25) is 0 Å². The monoisotopic (exact) mass is 259 g/mol. The Morgan fingerprint density at radius 1 is 1.33 bits per heavy atom. The van der Waals surface area contributed by atoms with Crippen LogP contribution in [0.25, 0.3) is 10.2 Å². The molecule has 90 valence electrons. The van der Waals surface area contributed by atoms with Crippen molar-refractivity contribution in [3.8, 4) is 6.07 Å². The fraction of sp³-hybridized carbons (Fsp3) is 0.250. The Balaban J connectivity index is 2.49. The minimum atomic E-state index is -0.365. The molecule has 1 aliphatic carbocycles. The van der Waals surface area contributed by atoms with Crippen LogP contribution in [0.3, 0.4) is 0 Å². The van der Waals surface area contributed by atoms with Crippen LogP contribution >= 0.6 is 11.3 Å². The summed E-state index contributed by atoms with van der Waals surface area (Å²) in [4.78, 5) is 28.1. The van der Waals surface area contributed by atoms with Crippen LogP contribution in [0.5, 0.6) is 0 Å². The third-order valence-corrected chi connectivity index (χ3v) is 4.36. The molecule has 0 unspecified atom stereocenters. The lowest BCUT2D eigenvalue weighted by Crippen LogP contribution is -2.14. The number of thiophene rings is 1. The number of carbonyl (C=O) groups excluding carboxylic acids is 1. The average molecular weight is 259 g/mol. The summed E-state index contributed by atoms with van der Waals surface area (Å²) >= 11 is 1.26. The number of aromatic amines is 1. The first-order valence-corrected chi connectivity index (χ1v) is 6.35. The van der Waals surface area contributed by atoms with Crippen molar-refractivity contribution in [2.24, 2.45) is 0 Å². The van der Waals surface area contributed by atoms with Crippen molar-refractivity contribution in [2.45, 2.75) is 19.3 Å². The van der Waals surface area contributed by atoms with Gasteiger partial charge in [0.05, 0.1) is 10.3 Å². The van der Waals surface area contributed by atoms with E-state index in [1.165, 1.54) is 11.3 Å². The molecule has 0 fully saturated rings. The van der Waals surface area contributed by atoms with E-state index >= 15 is 0 Å². The first kappa shape index (κ1) is 11.0. The molecule has 2 aromatic heterocycles. The van der Waals surface area contributed by atoms with Gasteiger partial charge in [-0.05, 0) is 18.4 Å². The number of fused-ring (bicyclic) bond motifs is 3. The van der Waals surface area contributed by atoms with E-state index in [0.29, 0.717) is 27.9 Å². The summed E-state index contributed by atoms with van der Waals surface area (Å²) in [6.45, 7) is 0. The first-order valence-electron chi connectivity index (χ1n) is 5.54. The molecule has 0 saturated carbocycles. The highest BCUT2D eigenvalue weighted by molar-refractivity contribution is 7.20. The van der Waals surface area contributed by atoms with Gasteiger partial charge in [0, 0.05) is 6.42 Å². The topological polar surface area (TPSA) is 99.7 Å². The number of Topliss-reactive ketones (excluding diaryl/α,β-unsaturated/α-hetero) is 1. The molecule has 0 amide bonds. The smallest absolute Gasteiger partial charge is 0.210 e. The maximum Gasteiger partial charge on any atom is 0.210 e. The second-order valence-corrected chi connectivity index (χ2v) is 5.27. The molecule has 0 bridgehead atoms. The Morgan fingerprint density at radius 2 is 2.11 bits per heavy atom. The summed E-state index contributed by atoms with van der Waals surface area (Å²) in [5, 5.41) is 9.41. The fourth-order valence-corrected chi connectivity index (χ4v) is 3.57. The summed E-state index contributed by atoms with van der Waals surface area (Å²) in [6.07, 6.45) is 1.98. The molecular weight excluding hydrogens is 250 g/mol. The Hall–Kier alpha value is -2.13. The molecule has 2 aromatic rings. The third-order valence-electron chi connectivity index (χ3n) is 3.17. The number of aryl methyl sites for hydroxylation is 1. The Bertz CT molecular complexity index is 779. The van der Waals surface area contributed by atoms with E-state index in [9.17, 15) is 9.59 Å². The lowest BCUT2D eigenvalue weighted by Gasteiger charge is -2.08. The standard InChI is InChI=1S/C12H9N3O2S/c13-4-6-9(17)8-5-2-1-3-7(16)10(5)18-12(8)15-11(6)14/h1-3H2,(H3,14,15,17). The van der Waals surface area contributed by atoms with Gasteiger partial charge >= 0.3 is 0 Å². The van der Waals surface area contributed by atoms with Crippen LogP contribution < -0.4 is 11.2 Å². The second-order valence-electron chi connectivity index (χ2n) is 4.25. The predicted octanol–water partition coefficient (Wildman–Crippen LogP) is 1.56. The summed E-state index contributed by atoms with van der Waals surface area (Å²) in [6, 6.07) is 1.81. The number of hydrogen-bond acceptors (Lipinski definition) is 5. The van der Waals surface area contributed by atoms with Gasteiger partial charge in [-0.2, -0.15) is 5.26 Å². The molecule has 0 radical (unpaired) electrons. The molecule has 3 N–H and O–H groups in total. The van der Waals surface area contributed by atoms with Gasteiger partial charge in [-0.15, -0.1) is 11.3 Å². The molecule has 0 spiro atoms. The summed E-state index contributed by atoms with van der Waals surface area (Å²) in [5.41, 5.74) is 5.98. The van der Waals surface area contributed by atoms with Crippen LogP contribution in [0.1, 0.15) is 33.6 Å². The maximum atomic E-state index is 12.2. The van der Waals surface area contributed by atoms with Gasteiger partial charge in [0.2, 0.25) is 5.43 Å². The number of rotatable bonds is 0. The van der Waals surface area contributed by atoms with Crippen LogP contribution in [-0.2, 0) is 6.42 Å². The molecule has 0 aromatic carbocycles. The van der Waals surface area contributed by atoms with Crippen molar-refractivity contribution in [3.05, 3.63) is 26.2 Å². The van der Waals surface area contributed by atoms with Crippen molar-refractivity contribution in [1.29, 1.82) is 5.26 Å². The average Bonchev–Trinajstić information content (AvgIpc) is 2.69. The Morgan fingerprint density at radius 3 is 2.83 bits per heavy atom. The van der Waals surface area contributed by atoms with E-state index in [-0.39, 0.29) is 22.6 Å². The number of nitrogens with zero attached hydrogens (tertiary/aromatic N) is 1. The molecule has 2 heterocycles. The number of ketones is 1.